The lowest BCUT2D eigenvalue weighted by atomic mass is 10.2. The Kier molecular flexibility index (Phi) is 5.85. The normalized spacial score (nSPS) is 11.2. The molecule has 0 saturated carbocycles. The number of carboxylic acids is 1. The molecule has 7 heteroatoms. The molecule has 0 fully saturated rings. The van der Waals surface area contributed by atoms with Gasteiger partial charge in [0.25, 0.3) is 10.0 Å². The highest BCUT2D eigenvalue weighted by Crippen LogP contribution is 2.26. The summed E-state index contributed by atoms with van der Waals surface area (Å²) in [6.07, 6.45) is 0.0907. The molecular formula is C17H18ClNO4S. The Bertz CT molecular complexity index is 819. The number of anilines is 1. The van der Waals surface area contributed by atoms with Gasteiger partial charge in [-0.1, -0.05) is 35.4 Å². The first-order valence-corrected chi connectivity index (χ1v) is 9.19. The van der Waals surface area contributed by atoms with Gasteiger partial charge < -0.3 is 5.11 Å². The SMILES string of the molecule is Cc1ccc(S(=O)(=O)N(CCCC(=O)O)c2cccc(Cl)c2)cc1. The van der Waals surface area contributed by atoms with E-state index in [9.17, 15) is 13.2 Å². The number of carbonyl (C=O) groups is 1. The number of carboxylic acid groups (broad SMARTS) is 1. The number of hydrogen-bond acceptors (Lipinski definition) is 3. The lowest BCUT2D eigenvalue weighted by molar-refractivity contribution is -0.137. The Morgan fingerprint density at radius 1 is 1.17 bits per heavy atom. The van der Waals surface area contributed by atoms with Gasteiger partial charge in [0.15, 0.2) is 0 Å². The third kappa shape index (κ3) is 4.49. The first kappa shape index (κ1) is 18.3. The van der Waals surface area contributed by atoms with Gasteiger partial charge >= 0.3 is 5.97 Å². The van der Waals surface area contributed by atoms with Gasteiger partial charge in [-0.05, 0) is 43.7 Å². The number of aliphatic carboxylic acids is 1. The fraction of sp³-hybridized carbons (Fsp3) is 0.235. The number of benzene rings is 2. The van der Waals surface area contributed by atoms with Gasteiger partial charge in [-0.3, -0.25) is 9.10 Å². The Morgan fingerprint density at radius 2 is 1.83 bits per heavy atom. The van der Waals surface area contributed by atoms with Crippen molar-refractivity contribution in [3.8, 4) is 0 Å². The second-order valence-corrected chi connectivity index (χ2v) is 7.67. The summed E-state index contributed by atoms with van der Waals surface area (Å²) in [5, 5.41) is 9.21. The van der Waals surface area contributed by atoms with Gasteiger partial charge in [-0.2, -0.15) is 0 Å². The van der Waals surface area contributed by atoms with E-state index in [1.165, 1.54) is 4.31 Å². The van der Waals surface area contributed by atoms with Crippen LogP contribution >= 0.6 is 11.6 Å². The van der Waals surface area contributed by atoms with Gasteiger partial charge in [0.05, 0.1) is 10.6 Å². The van der Waals surface area contributed by atoms with E-state index in [2.05, 4.69) is 0 Å². The maximum Gasteiger partial charge on any atom is 0.303 e. The van der Waals surface area contributed by atoms with Crippen LogP contribution in [-0.2, 0) is 14.8 Å². The van der Waals surface area contributed by atoms with Gasteiger partial charge in [0, 0.05) is 18.0 Å². The summed E-state index contributed by atoms with van der Waals surface area (Å²) >= 11 is 5.97. The molecule has 2 rings (SSSR count). The minimum absolute atomic E-state index is 0.0584. The average Bonchev–Trinajstić information content (AvgIpc) is 2.51. The molecule has 128 valence electrons. The molecule has 2 aromatic carbocycles. The number of sulfonamides is 1. The maximum atomic E-state index is 13.0. The van der Waals surface area contributed by atoms with E-state index < -0.39 is 16.0 Å². The summed E-state index contributed by atoms with van der Waals surface area (Å²) in [7, 11) is -3.80. The molecule has 5 nitrogen and oxygen atoms in total. The molecule has 0 saturated heterocycles. The molecule has 1 N–H and O–H groups in total. The largest absolute Gasteiger partial charge is 0.481 e. The van der Waals surface area contributed by atoms with Gasteiger partial charge in [-0.25, -0.2) is 8.42 Å². The molecule has 0 heterocycles. The highest BCUT2D eigenvalue weighted by molar-refractivity contribution is 7.92. The van der Waals surface area contributed by atoms with E-state index in [0.717, 1.165) is 5.56 Å². The third-order valence-electron chi connectivity index (χ3n) is 3.46. The maximum absolute atomic E-state index is 13.0. The fourth-order valence-corrected chi connectivity index (χ4v) is 3.91. The van der Waals surface area contributed by atoms with Crippen LogP contribution in [0.5, 0.6) is 0 Å². The van der Waals surface area contributed by atoms with Crippen molar-refractivity contribution in [1.82, 2.24) is 0 Å². The van der Waals surface area contributed by atoms with Crippen molar-refractivity contribution in [2.75, 3.05) is 10.8 Å². The first-order chi connectivity index (χ1) is 11.3. The summed E-state index contributed by atoms with van der Waals surface area (Å²) < 4.78 is 27.1. The van der Waals surface area contributed by atoms with Crippen LogP contribution in [0.1, 0.15) is 18.4 Å². The van der Waals surface area contributed by atoms with Crippen molar-refractivity contribution in [2.45, 2.75) is 24.7 Å². The van der Waals surface area contributed by atoms with Gasteiger partial charge in [0.2, 0.25) is 0 Å². The van der Waals surface area contributed by atoms with Crippen molar-refractivity contribution >= 4 is 33.3 Å². The van der Waals surface area contributed by atoms with Gasteiger partial charge in [-0.15, -0.1) is 0 Å². The molecule has 24 heavy (non-hydrogen) atoms. The molecule has 0 amide bonds. The highest BCUT2D eigenvalue weighted by Gasteiger charge is 2.25. The van der Waals surface area contributed by atoms with Crippen LogP contribution in [0.25, 0.3) is 0 Å². The van der Waals surface area contributed by atoms with Crippen LogP contribution in [0, 0.1) is 6.92 Å². The molecule has 0 aliphatic rings. The number of nitrogens with zero attached hydrogens (tertiary/aromatic N) is 1. The lowest BCUT2D eigenvalue weighted by Crippen LogP contribution is -2.32. The second-order valence-electron chi connectivity index (χ2n) is 5.37. The zero-order valence-corrected chi connectivity index (χ0v) is 14.7. The van der Waals surface area contributed by atoms with Crippen molar-refractivity contribution < 1.29 is 18.3 Å². The second kappa shape index (κ2) is 7.68. The predicted molar refractivity (Wildman–Crippen MR) is 94.0 cm³/mol. The van der Waals surface area contributed by atoms with Crippen LogP contribution < -0.4 is 4.31 Å². The van der Waals surface area contributed by atoms with E-state index in [1.807, 2.05) is 6.92 Å². The molecule has 0 aliphatic heterocycles. The Labute approximate surface area is 146 Å². The molecule has 2 aromatic rings. The average molecular weight is 368 g/mol. The molecule has 0 atom stereocenters. The van der Waals surface area contributed by atoms with E-state index in [0.29, 0.717) is 10.7 Å². The molecular weight excluding hydrogens is 350 g/mol. The molecule has 0 bridgehead atoms. The minimum atomic E-state index is -3.80. The van der Waals surface area contributed by atoms with E-state index >= 15 is 0 Å². The predicted octanol–water partition coefficient (Wildman–Crippen LogP) is 3.71. The number of rotatable bonds is 7. The quantitative estimate of drug-likeness (QED) is 0.809. The van der Waals surface area contributed by atoms with Crippen LogP contribution in [0.4, 0.5) is 5.69 Å². The molecule has 0 unspecified atom stereocenters. The monoisotopic (exact) mass is 367 g/mol. The van der Waals surface area contributed by atoms with E-state index in [4.69, 9.17) is 16.7 Å². The topological polar surface area (TPSA) is 74.7 Å². The summed E-state index contributed by atoms with van der Waals surface area (Å²) in [6, 6.07) is 13.0. The summed E-state index contributed by atoms with van der Waals surface area (Å²) in [6.45, 7) is 1.93. The Hall–Kier alpha value is -2.05. The molecule has 0 radical (unpaired) electrons. The van der Waals surface area contributed by atoms with Crippen LogP contribution in [0.3, 0.4) is 0 Å². The summed E-state index contributed by atoms with van der Waals surface area (Å²) in [5.41, 5.74) is 1.36. The molecule has 0 aliphatic carbocycles. The van der Waals surface area contributed by atoms with Crippen LogP contribution in [-0.4, -0.2) is 26.0 Å². The van der Waals surface area contributed by atoms with Crippen LogP contribution in [0.2, 0.25) is 5.02 Å². The number of hydrogen-bond donors (Lipinski definition) is 1. The first-order valence-electron chi connectivity index (χ1n) is 7.37. The van der Waals surface area contributed by atoms with Crippen LogP contribution in [0.15, 0.2) is 53.4 Å². The summed E-state index contributed by atoms with van der Waals surface area (Å²) in [5.74, 6) is -0.964. The third-order valence-corrected chi connectivity index (χ3v) is 5.53. The van der Waals surface area contributed by atoms with E-state index in [-0.39, 0.29) is 24.3 Å². The van der Waals surface area contributed by atoms with Crippen molar-refractivity contribution in [1.29, 1.82) is 0 Å². The number of aryl methyl sites for hydroxylation is 1. The van der Waals surface area contributed by atoms with Crippen molar-refractivity contribution in [2.24, 2.45) is 0 Å². The Morgan fingerprint density at radius 3 is 2.42 bits per heavy atom. The minimum Gasteiger partial charge on any atom is -0.481 e. The Balaban J connectivity index is 2.40. The van der Waals surface area contributed by atoms with Crippen molar-refractivity contribution in [3.63, 3.8) is 0 Å². The zero-order chi connectivity index (χ0) is 17.7. The smallest absolute Gasteiger partial charge is 0.303 e. The molecule has 0 aromatic heterocycles. The fourth-order valence-electron chi connectivity index (χ4n) is 2.23. The zero-order valence-electron chi connectivity index (χ0n) is 13.1. The molecule has 0 spiro atoms. The lowest BCUT2D eigenvalue weighted by Gasteiger charge is -2.24. The number of halogens is 1. The van der Waals surface area contributed by atoms with Crippen molar-refractivity contribution in [3.05, 3.63) is 59.1 Å². The summed E-state index contributed by atoms with van der Waals surface area (Å²) in [4.78, 5) is 10.9. The van der Waals surface area contributed by atoms with Gasteiger partial charge in [0.1, 0.15) is 0 Å². The van der Waals surface area contributed by atoms with E-state index in [1.54, 1.807) is 48.5 Å². The highest BCUT2D eigenvalue weighted by atomic mass is 35.5. The standard InChI is InChI=1S/C17H18ClNO4S/c1-13-7-9-16(10-8-13)24(22,23)19(11-3-6-17(20)21)15-5-2-4-14(18)12-15/h2,4-5,7-10,12H,3,6,11H2,1H3,(H,20,21).